The normalized spacial score (nSPS) is 13.7. The lowest BCUT2D eigenvalue weighted by molar-refractivity contribution is 0.568. The molecular weight excluding hydrogens is 918 g/mol. The Kier molecular flexibility index (Phi) is 10.6. The van der Waals surface area contributed by atoms with E-state index in [1.165, 1.54) is 127 Å². The summed E-state index contributed by atoms with van der Waals surface area (Å²) in [4.78, 5) is 5.31. The first kappa shape index (κ1) is 47.9. The zero-order valence-corrected chi connectivity index (χ0v) is 46.4. The Bertz CT molecular complexity index is 3910. The highest BCUT2D eigenvalue weighted by molar-refractivity contribution is 7.00. The van der Waals surface area contributed by atoms with Gasteiger partial charge < -0.3 is 14.4 Å². The van der Waals surface area contributed by atoms with Crippen molar-refractivity contribution in [3.8, 4) is 16.8 Å². The number of benzene rings is 10. The molecule has 2 aliphatic rings. The van der Waals surface area contributed by atoms with Gasteiger partial charge in [-0.15, -0.1) is 0 Å². The molecule has 10 aromatic carbocycles. The third-order valence-electron chi connectivity index (χ3n) is 16.6. The van der Waals surface area contributed by atoms with Crippen molar-refractivity contribution in [1.29, 1.82) is 0 Å². The predicted molar refractivity (Wildman–Crippen MR) is 330 cm³/mol. The third-order valence-corrected chi connectivity index (χ3v) is 16.6. The van der Waals surface area contributed by atoms with Gasteiger partial charge in [0.25, 0.3) is 6.71 Å². The van der Waals surface area contributed by atoms with E-state index >= 15 is 0 Å². The van der Waals surface area contributed by atoms with Crippen LogP contribution in [0.4, 0.5) is 34.1 Å². The van der Waals surface area contributed by atoms with Crippen LogP contribution < -0.4 is 26.2 Å². The predicted octanol–water partition coefficient (Wildman–Crippen LogP) is 18.0. The summed E-state index contributed by atoms with van der Waals surface area (Å²) in [6.45, 7) is 28.2. The molecule has 0 unspecified atom stereocenters. The highest BCUT2D eigenvalue weighted by atomic mass is 15.2. The molecular formula is C72H68BN3. The Balaban J connectivity index is 1.20. The van der Waals surface area contributed by atoms with Crippen LogP contribution in [-0.2, 0) is 21.7 Å². The van der Waals surface area contributed by atoms with Crippen molar-refractivity contribution in [3.63, 3.8) is 0 Å². The molecule has 0 spiro atoms. The topological polar surface area (TPSA) is 11.4 Å². The second kappa shape index (κ2) is 16.8. The average molecular weight is 986 g/mol. The number of nitrogens with zero attached hydrogens (tertiary/aromatic N) is 3. The Labute approximate surface area is 450 Å². The first-order valence-corrected chi connectivity index (χ1v) is 27.4. The van der Waals surface area contributed by atoms with Crippen molar-refractivity contribution in [2.75, 3.05) is 9.80 Å². The van der Waals surface area contributed by atoms with E-state index in [0.717, 1.165) is 5.69 Å². The molecule has 0 aliphatic carbocycles. The maximum Gasteiger partial charge on any atom is 0.252 e. The van der Waals surface area contributed by atoms with Gasteiger partial charge >= 0.3 is 0 Å². The van der Waals surface area contributed by atoms with Crippen LogP contribution in [0, 0.1) is 0 Å². The van der Waals surface area contributed by atoms with Gasteiger partial charge in [-0.1, -0.05) is 204 Å². The smallest absolute Gasteiger partial charge is 0.252 e. The van der Waals surface area contributed by atoms with Crippen molar-refractivity contribution in [3.05, 3.63) is 216 Å². The molecule has 0 amide bonds. The van der Waals surface area contributed by atoms with Gasteiger partial charge in [-0.3, -0.25) is 0 Å². The molecule has 1 aromatic heterocycles. The quantitative estimate of drug-likeness (QED) is 0.163. The van der Waals surface area contributed by atoms with Gasteiger partial charge in [0, 0.05) is 50.6 Å². The summed E-state index contributed by atoms with van der Waals surface area (Å²) in [5.74, 6) is 0. The first-order valence-electron chi connectivity index (χ1n) is 27.4. The van der Waals surface area contributed by atoms with E-state index in [0.29, 0.717) is 0 Å². The summed E-state index contributed by atoms with van der Waals surface area (Å²) in [6.07, 6.45) is 0. The van der Waals surface area contributed by atoms with Crippen LogP contribution >= 0.6 is 0 Å². The van der Waals surface area contributed by atoms with Crippen LogP contribution in [0.2, 0.25) is 0 Å². The van der Waals surface area contributed by atoms with E-state index in [9.17, 15) is 0 Å². The molecule has 0 fully saturated rings. The van der Waals surface area contributed by atoms with Gasteiger partial charge in [-0.25, -0.2) is 0 Å². The van der Waals surface area contributed by atoms with Gasteiger partial charge in [0.05, 0.1) is 11.0 Å². The summed E-state index contributed by atoms with van der Waals surface area (Å²) in [5.41, 5.74) is 22.1. The van der Waals surface area contributed by atoms with Gasteiger partial charge in [0.15, 0.2) is 0 Å². The number of anilines is 6. The van der Waals surface area contributed by atoms with Crippen LogP contribution in [0.25, 0.3) is 60.2 Å². The summed E-state index contributed by atoms with van der Waals surface area (Å²) < 4.78 is 2.45. The molecule has 13 rings (SSSR count). The van der Waals surface area contributed by atoms with Crippen LogP contribution in [0.3, 0.4) is 0 Å². The largest absolute Gasteiger partial charge is 0.311 e. The van der Waals surface area contributed by atoms with Gasteiger partial charge in [0.1, 0.15) is 0 Å². The number of aromatic nitrogens is 1. The van der Waals surface area contributed by atoms with Crippen molar-refractivity contribution in [2.45, 2.75) is 105 Å². The van der Waals surface area contributed by atoms with E-state index in [1.54, 1.807) is 0 Å². The highest BCUT2D eigenvalue weighted by Gasteiger charge is 2.45. The maximum absolute atomic E-state index is 2.65. The lowest BCUT2D eigenvalue weighted by Crippen LogP contribution is -2.61. The molecule has 0 saturated carbocycles. The minimum absolute atomic E-state index is 0.0605. The molecule has 2 aliphatic heterocycles. The van der Waals surface area contributed by atoms with E-state index in [2.05, 4.69) is 292 Å². The van der Waals surface area contributed by atoms with Gasteiger partial charge in [-0.2, -0.15) is 0 Å². The van der Waals surface area contributed by atoms with Crippen molar-refractivity contribution < 1.29 is 0 Å². The van der Waals surface area contributed by atoms with E-state index < -0.39 is 0 Å². The zero-order valence-electron chi connectivity index (χ0n) is 46.4. The van der Waals surface area contributed by atoms with Crippen molar-refractivity contribution in [1.82, 2.24) is 4.57 Å². The third kappa shape index (κ3) is 7.78. The van der Waals surface area contributed by atoms with Crippen LogP contribution in [0.5, 0.6) is 0 Å². The molecule has 374 valence electrons. The van der Waals surface area contributed by atoms with Crippen molar-refractivity contribution >= 4 is 101 Å². The Morgan fingerprint density at radius 2 is 0.711 bits per heavy atom. The lowest BCUT2D eigenvalue weighted by Gasteiger charge is -2.45. The summed E-state index contributed by atoms with van der Waals surface area (Å²) in [5, 5.41) is 7.47. The maximum atomic E-state index is 2.65. The van der Waals surface area contributed by atoms with E-state index in [-0.39, 0.29) is 28.4 Å². The fourth-order valence-corrected chi connectivity index (χ4v) is 12.3. The van der Waals surface area contributed by atoms with Crippen LogP contribution in [0.1, 0.15) is 105 Å². The zero-order chi connectivity index (χ0) is 52.8. The Morgan fingerprint density at radius 3 is 1.17 bits per heavy atom. The molecule has 0 N–H and O–H groups in total. The number of rotatable bonds is 4. The van der Waals surface area contributed by atoms with E-state index in [4.69, 9.17) is 0 Å². The molecule has 0 bridgehead atoms. The second-order valence-electron chi connectivity index (χ2n) is 26.0. The molecule has 0 radical (unpaired) electrons. The van der Waals surface area contributed by atoms with Crippen molar-refractivity contribution in [2.24, 2.45) is 0 Å². The highest BCUT2D eigenvalue weighted by Crippen LogP contribution is 2.50. The average Bonchev–Trinajstić information content (AvgIpc) is 3.84. The molecule has 3 nitrogen and oxygen atoms in total. The molecule has 0 atom stereocenters. The van der Waals surface area contributed by atoms with Crippen LogP contribution in [0.15, 0.2) is 194 Å². The first-order chi connectivity index (χ1) is 36.2. The van der Waals surface area contributed by atoms with E-state index in [1.807, 2.05) is 0 Å². The standard InChI is InChI=1S/C72H68BN3/c1-69(2,3)51-39-52(70(4,5)6)42-56(41-51)75-64-35-47-24-18-16-22-45(47)32-60(64)73-61-33-46-23-17-19-25-48(46)36-65(61)76(57-43-53(71(7,8)9)40-54(44-57)72(10,11)12)67-38-50(37-66(75)68(67)73)49-30-31-59-58-28-20-21-29-62(58)74(63(59)34-49)55-26-14-13-15-27-55/h13-44H,1-12H3. The second-order valence-corrected chi connectivity index (χ2v) is 26.0. The molecule has 76 heavy (non-hydrogen) atoms. The fraction of sp³-hybridized carbons (Fsp3) is 0.222. The molecule has 3 heterocycles. The van der Waals surface area contributed by atoms with Gasteiger partial charge in [0.2, 0.25) is 0 Å². The SMILES string of the molecule is CC(C)(C)c1cc(N2c3cc4ccccc4cc3B3c4cc5ccccc5cc4N(c4cc(C(C)(C)C)cc(C(C)(C)C)c4)c4cc(-c5ccc6c7ccccc7n(-c7ccccc7)c6c5)cc2c43)cc(C(C)(C)C)c1. The Hall–Kier alpha value is -7.82. The minimum atomic E-state index is -0.0892. The number of para-hydroxylation sites is 2. The minimum Gasteiger partial charge on any atom is -0.311 e. The fourth-order valence-electron chi connectivity index (χ4n) is 12.3. The summed E-state index contributed by atoms with van der Waals surface area (Å²) in [7, 11) is 0. The van der Waals surface area contributed by atoms with Crippen LogP contribution in [-0.4, -0.2) is 11.3 Å². The molecule has 0 saturated heterocycles. The summed E-state index contributed by atoms with van der Waals surface area (Å²) >= 11 is 0. The monoisotopic (exact) mass is 986 g/mol. The lowest BCUT2D eigenvalue weighted by atomic mass is 9.33. The summed E-state index contributed by atoms with van der Waals surface area (Å²) in [6, 6.07) is 74.8. The van der Waals surface area contributed by atoms with Gasteiger partial charge in [-0.05, 0) is 166 Å². The Morgan fingerprint density at radius 1 is 0.303 bits per heavy atom. The number of fused-ring (bicyclic) bond motifs is 9. The molecule has 4 heteroatoms. The number of hydrogen-bond acceptors (Lipinski definition) is 2. The number of hydrogen-bond donors (Lipinski definition) is 0. The molecule has 11 aromatic rings.